The van der Waals surface area contributed by atoms with E-state index in [1.165, 1.54) is 11.1 Å². The zero-order valence-electron chi connectivity index (χ0n) is 18.0. The summed E-state index contributed by atoms with van der Waals surface area (Å²) in [7, 11) is 0. The summed E-state index contributed by atoms with van der Waals surface area (Å²) in [5.74, 6) is 0.641. The van der Waals surface area contributed by atoms with Crippen molar-refractivity contribution in [1.82, 2.24) is 15.5 Å². The van der Waals surface area contributed by atoms with E-state index in [2.05, 4.69) is 22.8 Å². The van der Waals surface area contributed by atoms with Crippen LogP contribution in [0.2, 0.25) is 0 Å². The van der Waals surface area contributed by atoms with Crippen LogP contribution in [0, 0.1) is 11.8 Å². The number of amides is 2. The number of aliphatic hydroxyl groups is 1. The van der Waals surface area contributed by atoms with Gasteiger partial charge in [-0.05, 0) is 41.8 Å². The van der Waals surface area contributed by atoms with Gasteiger partial charge in [0.2, 0.25) is 0 Å². The average molecular weight is 436 g/mol. The lowest BCUT2D eigenvalue weighted by Gasteiger charge is -2.30. The van der Waals surface area contributed by atoms with Crippen LogP contribution in [0.25, 0.3) is 0 Å². The maximum absolute atomic E-state index is 12.8. The number of carbonyl (C=O) groups excluding carboxylic acids is 2. The zero-order valence-corrected chi connectivity index (χ0v) is 18.0. The van der Waals surface area contributed by atoms with E-state index in [0.29, 0.717) is 29.5 Å². The van der Waals surface area contributed by atoms with Crippen molar-refractivity contribution in [3.05, 3.63) is 70.8 Å². The molecular formula is C25H29N3O4. The first-order valence-electron chi connectivity index (χ1n) is 11.3. The number of nitrogens with zero attached hydrogens (tertiary/aromatic N) is 1. The summed E-state index contributed by atoms with van der Waals surface area (Å²) >= 11 is 0. The van der Waals surface area contributed by atoms with Crippen molar-refractivity contribution in [2.24, 2.45) is 11.8 Å². The van der Waals surface area contributed by atoms with Crippen molar-refractivity contribution >= 4 is 11.8 Å². The molecule has 168 valence electrons. The van der Waals surface area contributed by atoms with Gasteiger partial charge in [-0.1, -0.05) is 24.3 Å². The Morgan fingerprint density at radius 3 is 2.41 bits per heavy atom. The first-order chi connectivity index (χ1) is 15.6. The molecule has 3 heterocycles. The summed E-state index contributed by atoms with van der Waals surface area (Å²) < 4.78 is 5.48. The quantitative estimate of drug-likeness (QED) is 0.657. The van der Waals surface area contributed by atoms with Crippen LogP contribution in [0.15, 0.2) is 48.5 Å². The molecule has 0 radical (unpaired) electrons. The second-order valence-corrected chi connectivity index (χ2v) is 9.08. The fourth-order valence-corrected chi connectivity index (χ4v) is 4.99. The van der Waals surface area contributed by atoms with Crippen LogP contribution in [0.4, 0.5) is 0 Å². The number of ether oxygens (including phenoxy) is 1. The number of benzene rings is 2. The van der Waals surface area contributed by atoms with Crippen molar-refractivity contribution in [3.8, 4) is 0 Å². The van der Waals surface area contributed by atoms with E-state index >= 15 is 0 Å². The lowest BCUT2D eigenvalue weighted by molar-refractivity contribution is 0.0750. The molecule has 0 aromatic heterocycles. The minimum atomic E-state index is -0.688. The smallest absolute Gasteiger partial charge is 0.253 e. The third-order valence-electron chi connectivity index (χ3n) is 6.97. The molecule has 0 bridgehead atoms. The number of hydrogen-bond acceptors (Lipinski definition) is 5. The molecule has 32 heavy (non-hydrogen) atoms. The maximum atomic E-state index is 12.8. The number of aliphatic hydroxyl groups excluding tert-OH is 1. The molecule has 7 nitrogen and oxygen atoms in total. The maximum Gasteiger partial charge on any atom is 0.253 e. The monoisotopic (exact) mass is 435 g/mol. The Kier molecular flexibility index (Phi) is 5.95. The fraction of sp³-hybridized carbons (Fsp3) is 0.440. The third-order valence-corrected chi connectivity index (χ3v) is 6.97. The molecule has 3 N–H and O–H groups in total. The second kappa shape index (κ2) is 9.02. The van der Waals surface area contributed by atoms with Gasteiger partial charge in [0.25, 0.3) is 11.8 Å². The van der Waals surface area contributed by atoms with Crippen molar-refractivity contribution in [2.75, 3.05) is 32.8 Å². The van der Waals surface area contributed by atoms with E-state index in [-0.39, 0.29) is 24.4 Å². The third kappa shape index (κ3) is 4.28. The van der Waals surface area contributed by atoms with Gasteiger partial charge in [0.15, 0.2) is 0 Å². The Morgan fingerprint density at radius 1 is 1.03 bits per heavy atom. The number of hydrogen-bond donors (Lipinski definition) is 3. The highest BCUT2D eigenvalue weighted by molar-refractivity contribution is 5.98. The second-order valence-electron chi connectivity index (χ2n) is 9.08. The lowest BCUT2D eigenvalue weighted by Crippen LogP contribution is -2.49. The fourth-order valence-electron chi connectivity index (χ4n) is 4.99. The molecule has 0 unspecified atom stereocenters. The molecule has 0 spiro atoms. The van der Waals surface area contributed by atoms with Gasteiger partial charge in [-0.3, -0.25) is 9.59 Å². The van der Waals surface area contributed by atoms with Crippen molar-refractivity contribution in [3.63, 3.8) is 0 Å². The van der Waals surface area contributed by atoms with E-state index in [1.807, 2.05) is 17.0 Å². The molecule has 2 amide bonds. The highest BCUT2D eigenvalue weighted by Gasteiger charge is 2.39. The first kappa shape index (κ1) is 21.1. The van der Waals surface area contributed by atoms with E-state index in [1.54, 1.807) is 24.3 Å². The summed E-state index contributed by atoms with van der Waals surface area (Å²) in [6.07, 6.45) is 0.0423. The van der Waals surface area contributed by atoms with Gasteiger partial charge in [0.1, 0.15) is 0 Å². The molecule has 3 aliphatic heterocycles. The molecule has 5 rings (SSSR count). The molecule has 0 saturated carbocycles. The number of fused-ring (bicyclic) bond motifs is 2. The van der Waals surface area contributed by atoms with E-state index in [9.17, 15) is 14.7 Å². The standard InChI is InChI=1S/C25H29N3O4/c29-23(22-9-18-3-1-2-4-19(18)10-26-22)11-27-24(30)16-5-7-17(8-6-16)25(31)28-12-20-14-32-15-21(20)13-28/h1-8,20-23,26,29H,9-15H2,(H,27,30)/t20-,21+,22-,23+/m0/s1. The molecule has 7 heteroatoms. The summed E-state index contributed by atoms with van der Waals surface area (Å²) in [5.41, 5.74) is 3.55. The van der Waals surface area contributed by atoms with Crippen LogP contribution < -0.4 is 10.6 Å². The predicted molar refractivity (Wildman–Crippen MR) is 119 cm³/mol. The Balaban J connectivity index is 1.13. The number of carbonyl (C=O) groups is 2. The van der Waals surface area contributed by atoms with Crippen LogP contribution in [0.3, 0.4) is 0 Å². The highest BCUT2D eigenvalue weighted by atomic mass is 16.5. The van der Waals surface area contributed by atoms with Gasteiger partial charge in [-0.15, -0.1) is 0 Å². The number of nitrogens with one attached hydrogen (secondary N) is 2. The molecular weight excluding hydrogens is 406 g/mol. The van der Waals surface area contributed by atoms with Crippen molar-refractivity contribution < 1.29 is 19.4 Å². The minimum absolute atomic E-state index is 0.00503. The van der Waals surface area contributed by atoms with E-state index in [4.69, 9.17) is 4.74 Å². The summed E-state index contributed by atoms with van der Waals surface area (Å²) in [5, 5.41) is 16.7. The average Bonchev–Trinajstić information content (AvgIpc) is 3.44. The summed E-state index contributed by atoms with van der Waals surface area (Å²) in [6.45, 7) is 3.84. The Morgan fingerprint density at radius 2 is 1.69 bits per heavy atom. The topological polar surface area (TPSA) is 90.9 Å². The molecule has 2 saturated heterocycles. The molecule has 2 aromatic carbocycles. The summed E-state index contributed by atoms with van der Waals surface area (Å²) in [6, 6.07) is 14.8. The van der Waals surface area contributed by atoms with Crippen molar-refractivity contribution in [2.45, 2.75) is 25.1 Å². The van der Waals surface area contributed by atoms with E-state index in [0.717, 1.165) is 32.7 Å². The van der Waals surface area contributed by atoms with Crippen LogP contribution in [-0.2, 0) is 17.7 Å². The zero-order chi connectivity index (χ0) is 22.1. The van der Waals surface area contributed by atoms with Crippen LogP contribution >= 0.6 is 0 Å². The molecule has 4 atom stereocenters. The van der Waals surface area contributed by atoms with Gasteiger partial charge in [-0.25, -0.2) is 0 Å². The van der Waals surface area contributed by atoms with Gasteiger partial charge in [0, 0.05) is 55.2 Å². The SMILES string of the molecule is O=C(NC[C@@H](O)[C@@H]1Cc2ccccc2CN1)c1ccc(C(=O)N2C[C@H]3COC[C@H]3C2)cc1. The van der Waals surface area contributed by atoms with Gasteiger partial charge >= 0.3 is 0 Å². The largest absolute Gasteiger partial charge is 0.390 e. The van der Waals surface area contributed by atoms with Crippen molar-refractivity contribution in [1.29, 1.82) is 0 Å². The molecule has 0 aliphatic carbocycles. The highest BCUT2D eigenvalue weighted by Crippen LogP contribution is 2.30. The predicted octanol–water partition coefficient (Wildman–Crippen LogP) is 1.21. The Labute approximate surface area is 187 Å². The minimum Gasteiger partial charge on any atom is -0.390 e. The van der Waals surface area contributed by atoms with Crippen LogP contribution in [-0.4, -0.2) is 66.8 Å². The molecule has 2 aromatic rings. The summed E-state index contributed by atoms with van der Waals surface area (Å²) in [4.78, 5) is 27.2. The normalized spacial score (nSPS) is 25.2. The van der Waals surface area contributed by atoms with Crippen LogP contribution in [0.1, 0.15) is 31.8 Å². The Bertz CT molecular complexity index is 981. The lowest BCUT2D eigenvalue weighted by atomic mass is 9.93. The first-order valence-corrected chi connectivity index (χ1v) is 11.3. The molecule has 3 aliphatic rings. The van der Waals surface area contributed by atoms with Gasteiger partial charge in [-0.2, -0.15) is 0 Å². The Hall–Kier alpha value is -2.74. The number of rotatable bonds is 5. The molecule has 2 fully saturated rings. The van der Waals surface area contributed by atoms with E-state index < -0.39 is 6.10 Å². The van der Waals surface area contributed by atoms with Gasteiger partial charge in [0.05, 0.1) is 19.3 Å². The van der Waals surface area contributed by atoms with Crippen LogP contribution in [0.5, 0.6) is 0 Å². The number of likely N-dealkylation sites (tertiary alicyclic amines) is 1. The van der Waals surface area contributed by atoms with Gasteiger partial charge < -0.3 is 25.4 Å².